The molecule has 0 aliphatic rings. The van der Waals surface area contributed by atoms with Crippen molar-refractivity contribution in [2.24, 2.45) is 12.0 Å². The van der Waals surface area contributed by atoms with Gasteiger partial charge in [-0.15, -0.1) is 24.0 Å². The van der Waals surface area contributed by atoms with Crippen molar-refractivity contribution in [1.29, 1.82) is 0 Å². The molecule has 0 saturated carbocycles. The lowest BCUT2D eigenvalue weighted by molar-refractivity contribution is 0.305. The number of guanidine groups is 1. The minimum atomic E-state index is 0. The predicted octanol–water partition coefficient (Wildman–Crippen LogP) is 2.27. The monoisotopic (exact) mass is 486 g/mol. The normalized spacial score (nSPS) is 12.4. The number of ether oxygens (including phenoxy) is 1. The van der Waals surface area contributed by atoms with Crippen molar-refractivity contribution in [2.75, 3.05) is 40.3 Å². The van der Waals surface area contributed by atoms with Crippen LogP contribution in [0.2, 0.25) is 0 Å². The van der Waals surface area contributed by atoms with Crippen LogP contribution >= 0.6 is 24.0 Å². The molecular formula is C19H31IN6O. The first-order valence-corrected chi connectivity index (χ1v) is 8.95. The number of hydrogen-bond donors (Lipinski definition) is 2. The molecule has 0 aliphatic heterocycles. The van der Waals surface area contributed by atoms with Gasteiger partial charge in [-0.05, 0) is 33.2 Å². The van der Waals surface area contributed by atoms with E-state index in [-0.39, 0.29) is 30.0 Å². The number of aryl methyl sites for hydroxylation is 1. The van der Waals surface area contributed by atoms with Gasteiger partial charge in [0.2, 0.25) is 0 Å². The molecule has 1 heterocycles. The fourth-order valence-corrected chi connectivity index (χ4v) is 2.55. The number of benzene rings is 1. The molecule has 1 aromatic heterocycles. The second-order valence-corrected chi connectivity index (χ2v) is 6.23. The maximum atomic E-state index is 5.71. The molecule has 8 heteroatoms. The lowest BCUT2D eigenvalue weighted by atomic mass is 10.1. The van der Waals surface area contributed by atoms with E-state index in [4.69, 9.17) is 9.73 Å². The van der Waals surface area contributed by atoms with Crippen LogP contribution in [0.5, 0.6) is 5.75 Å². The summed E-state index contributed by atoms with van der Waals surface area (Å²) in [5, 5.41) is 10.9. The van der Waals surface area contributed by atoms with E-state index in [0.717, 1.165) is 23.8 Å². The van der Waals surface area contributed by atoms with Crippen molar-refractivity contribution in [2.45, 2.75) is 13.0 Å². The molecule has 2 rings (SSSR count). The Bertz CT molecular complexity index is 674. The van der Waals surface area contributed by atoms with Gasteiger partial charge in [-0.25, -0.2) is 0 Å². The molecule has 1 unspecified atom stereocenters. The lowest BCUT2D eigenvalue weighted by Crippen LogP contribution is -2.40. The van der Waals surface area contributed by atoms with E-state index in [2.05, 4.69) is 41.7 Å². The summed E-state index contributed by atoms with van der Waals surface area (Å²) in [5.74, 6) is 1.67. The van der Waals surface area contributed by atoms with E-state index >= 15 is 0 Å². The van der Waals surface area contributed by atoms with Crippen LogP contribution in [-0.4, -0.2) is 61.0 Å². The highest BCUT2D eigenvalue weighted by Gasteiger charge is 2.15. The van der Waals surface area contributed by atoms with Crippen LogP contribution in [0, 0.1) is 0 Å². The van der Waals surface area contributed by atoms with Gasteiger partial charge >= 0.3 is 0 Å². The third-order valence-corrected chi connectivity index (χ3v) is 3.91. The van der Waals surface area contributed by atoms with Gasteiger partial charge in [0, 0.05) is 25.4 Å². The van der Waals surface area contributed by atoms with Crippen molar-refractivity contribution in [3.63, 3.8) is 0 Å². The Morgan fingerprint density at radius 1 is 1.26 bits per heavy atom. The molecule has 0 amide bonds. The van der Waals surface area contributed by atoms with Crippen molar-refractivity contribution in [3.8, 4) is 5.75 Å². The van der Waals surface area contributed by atoms with E-state index in [1.807, 2.05) is 54.5 Å². The molecule has 1 aromatic carbocycles. The van der Waals surface area contributed by atoms with Gasteiger partial charge in [0.05, 0.1) is 25.3 Å². The minimum absolute atomic E-state index is 0. The molecule has 2 aromatic rings. The highest BCUT2D eigenvalue weighted by Crippen LogP contribution is 2.17. The van der Waals surface area contributed by atoms with E-state index in [0.29, 0.717) is 19.7 Å². The second kappa shape index (κ2) is 12.6. The first-order chi connectivity index (χ1) is 12.6. The number of para-hydroxylation sites is 1. The third kappa shape index (κ3) is 8.17. The average molecular weight is 486 g/mol. The highest BCUT2D eigenvalue weighted by molar-refractivity contribution is 14.0. The van der Waals surface area contributed by atoms with E-state index in [1.54, 1.807) is 0 Å². The predicted molar refractivity (Wildman–Crippen MR) is 121 cm³/mol. The van der Waals surface area contributed by atoms with Crippen LogP contribution in [0.25, 0.3) is 0 Å². The number of aliphatic imine (C=N–C) groups is 1. The number of rotatable bonds is 9. The molecule has 0 spiro atoms. The summed E-state index contributed by atoms with van der Waals surface area (Å²) in [4.78, 5) is 6.88. The first-order valence-electron chi connectivity index (χ1n) is 8.95. The summed E-state index contributed by atoms with van der Waals surface area (Å²) in [7, 11) is 6.04. The Balaban J connectivity index is 0.00000364. The summed E-state index contributed by atoms with van der Waals surface area (Å²) in [6, 6.07) is 10.00. The number of nitrogens with one attached hydrogen (secondary N) is 2. The number of nitrogens with zero attached hydrogens (tertiary/aromatic N) is 4. The Labute approximate surface area is 179 Å². The van der Waals surface area contributed by atoms with E-state index in [1.165, 1.54) is 0 Å². The minimum Gasteiger partial charge on any atom is -0.492 e. The molecule has 150 valence electrons. The Morgan fingerprint density at radius 3 is 2.59 bits per heavy atom. The summed E-state index contributed by atoms with van der Waals surface area (Å²) >= 11 is 0. The molecule has 0 fully saturated rings. The van der Waals surface area contributed by atoms with Crippen molar-refractivity contribution >= 4 is 29.9 Å². The van der Waals surface area contributed by atoms with Crippen LogP contribution < -0.4 is 15.4 Å². The Morgan fingerprint density at radius 2 is 2.00 bits per heavy atom. The van der Waals surface area contributed by atoms with Crippen LogP contribution in [-0.2, 0) is 7.05 Å². The molecule has 7 nitrogen and oxygen atoms in total. The summed E-state index contributed by atoms with van der Waals surface area (Å²) in [6.07, 6.45) is 3.93. The summed E-state index contributed by atoms with van der Waals surface area (Å²) in [6.45, 7) is 4.77. The molecular weight excluding hydrogens is 455 g/mol. The number of aromatic nitrogens is 2. The smallest absolute Gasteiger partial charge is 0.191 e. The topological polar surface area (TPSA) is 66.7 Å². The van der Waals surface area contributed by atoms with Crippen molar-refractivity contribution in [3.05, 3.63) is 48.3 Å². The second-order valence-electron chi connectivity index (χ2n) is 6.23. The number of likely N-dealkylation sites (N-methyl/N-ethyl adjacent to an activating group) is 1. The molecule has 1 atom stereocenters. The maximum Gasteiger partial charge on any atom is 0.191 e. The van der Waals surface area contributed by atoms with Crippen LogP contribution in [0.15, 0.2) is 47.7 Å². The highest BCUT2D eigenvalue weighted by atomic mass is 127. The van der Waals surface area contributed by atoms with Gasteiger partial charge in [0.25, 0.3) is 0 Å². The van der Waals surface area contributed by atoms with Gasteiger partial charge in [-0.2, -0.15) is 5.10 Å². The van der Waals surface area contributed by atoms with E-state index < -0.39 is 0 Å². The van der Waals surface area contributed by atoms with Crippen molar-refractivity contribution in [1.82, 2.24) is 25.3 Å². The summed E-state index contributed by atoms with van der Waals surface area (Å²) < 4.78 is 7.53. The van der Waals surface area contributed by atoms with Gasteiger partial charge in [-0.3, -0.25) is 9.67 Å². The first kappa shape index (κ1) is 23.2. The molecule has 0 saturated heterocycles. The van der Waals surface area contributed by atoms with Crippen LogP contribution in [0.1, 0.15) is 18.5 Å². The number of hydrogen-bond acceptors (Lipinski definition) is 4. The largest absolute Gasteiger partial charge is 0.492 e. The SMILES string of the molecule is CCNC(=NCC(c1cnn(C)c1)N(C)C)NCCOc1ccccc1.I. The fraction of sp³-hybridized carbons (Fsp3) is 0.474. The zero-order valence-corrected chi connectivity index (χ0v) is 18.9. The quantitative estimate of drug-likeness (QED) is 0.247. The average Bonchev–Trinajstić information content (AvgIpc) is 3.05. The number of halogens is 1. The molecule has 27 heavy (non-hydrogen) atoms. The standard InChI is InChI=1S/C19H30N6O.HI/c1-5-20-19(21-11-12-26-17-9-7-6-8-10-17)22-14-18(24(2)3)16-13-23-25(4)15-16;/h6-10,13,15,18H,5,11-12,14H2,1-4H3,(H2,20,21,22);1H. The molecule has 0 radical (unpaired) electrons. The zero-order chi connectivity index (χ0) is 18.8. The van der Waals surface area contributed by atoms with Crippen LogP contribution in [0.3, 0.4) is 0 Å². The fourth-order valence-electron chi connectivity index (χ4n) is 2.55. The Kier molecular flexibility index (Phi) is 10.8. The molecule has 2 N–H and O–H groups in total. The Hall–Kier alpha value is -1.81. The maximum absolute atomic E-state index is 5.71. The lowest BCUT2D eigenvalue weighted by Gasteiger charge is -2.22. The van der Waals surface area contributed by atoms with Crippen molar-refractivity contribution < 1.29 is 4.74 Å². The summed E-state index contributed by atoms with van der Waals surface area (Å²) in [5.41, 5.74) is 1.16. The van der Waals surface area contributed by atoms with Gasteiger partial charge in [0.15, 0.2) is 5.96 Å². The van der Waals surface area contributed by atoms with E-state index in [9.17, 15) is 0 Å². The van der Waals surface area contributed by atoms with Crippen LogP contribution in [0.4, 0.5) is 0 Å². The van der Waals surface area contributed by atoms with Gasteiger partial charge < -0.3 is 20.3 Å². The van der Waals surface area contributed by atoms with Gasteiger partial charge in [0.1, 0.15) is 12.4 Å². The molecule has 0 bridgehead atoms. The zero-order valence-electron chi connectivity index (χ0n) is 16.6. The third-order valence-electron chi connectivity index (χ3n) is 3.91. The molecule has 0 aliphatic carbocycles. The van der Waals surface area contributed by atoms with Gasteiger partial charge in [-0.1, -0.05) is 18.2 Å².